The van der Waals surface area contributed by atoms with E-state index in [9.17, 15) is 4.79 Å². The molecule has 0 bridgehead atoms. The highest BCUT2D eigenvalue weighted by Gasteiger charge is 2.22. The summed E-state index contributed by atoms with van der Waals surface area (Å²) in [4.78, 5) is 16.5. The van der Waals surface area contributed by atoms with E-state index in [2.05, 4.69) is 51.4 Å². The summed E-state index contributed by atoms with van der Waals surface area (Å²) in [7, 11) is 0. The van der Waals surface area contributed by atoms with Crippen LogP contribution in [-0.4, -0.2) is 22.7 Å². The minimum Gasteiger partial charge on any atom is -0.383 e. The van der Waals surface area contributed by atoms with Gasteiger partial charge in [0.2, 0.25) is 0 Å². The summed E-state index contributed by atoms with van der Waals surface area (Å²) in [6, 6.07) is 16.3. The number of benzene rings is 2. The van der Waals surface area contributed by atoms with E-state index < -0.39 is 0 Å². The minimum absolute atomic E-state index is 0.00831. The number of hydrogen-bond donors (Lipinski definition) is 3. The zero-order valence-electron chi connectivity index (χ0n) is 15.9. The van der Waals surface area contributed by atoms with Crippen molar-refractivity contribution in [3.05, 3.63) is 65.9 Å². The van der Waals surface area contributed by atoms with Crippen molar-refractivity contribution in [3.63, 3.8) is 0 Å². The fourth-order valence-electron chi connectivity index (χ4n) is 3.56. The molecule has 1 fully saturated rings. The molecule has 3 aromatic rings. The molecular formula is C23H22N4OS. The van der Waals surface area contributed by atoms with Gasteiger partial charge >= 0.3 is 0 Å². The van der Waals surface area contributed by atoms with Crippen LogP contribution in [0.1, 0.15) is 28.8 Å². The molecule has 1 amide bonds. The van der Waals surface area contributed by atoms with Gasteiger partial charge in [0.1, 0.15) is 5.82 Å². The van der Waals surface area contributed by atoms with Crippen LogP contribution >= 0.6 is 11.9 Å². The molecular weight excluding hydrogens is 380 g/mol. The van der Waals surface area contributed by atoms with Crippen molar-refractivity contribution in [2.45, 2.75) is 24.5 Å². The molecule has 29 heavy (non-hydrogen) atoms. The lowest BCUT2D eigenvalue weighted by Crippen LogP contribution is -2.31. The Morgan fingerprint density at radius 2 is 1.93 bits per heavy atom. The summed E-state index contributed by atoms with van der Waals surface area (Å²) in [5.41, 5.74) is 13.1. The maximum absolute atomic E-state index is 12.0. The van der Waals surface area contributed by atoms with Gasteiger partial charge in [-0.3, -0.25) is 4.79 Å². The van der Waals surface area contributed by atoms with Crippen LogP contribution in [0.25, 0.3) is 22.3 Å². The molecule has 0 spiro atoms. The lowest BCUT2D eigenvalue weighted by atomic mass is 9.94. The van der Waals surface area contributed by atoms with Gasteiger partial charge in [-0.15, -0.1) is 0 Å². The van der Waals surface area contributed by atoms with Gasteiger partial charge in [0.15, 0.2) is 0 Å². The molecule has 1 aromatic heterocycles. The Bertz CT molecular complexity index is 1090. The molecule has 5 rings (SSSR count). The van der Waals surface area contributed by atoms with Gasteiger partial charge in [0.05, 0.1) is 0 Å². The van der Waals surface area contributed by atoms with Crippen molar-refractivity contribution in [1.29, 1.82) is 0 Å². The van der Waals surface area contributed by atoms with Crippen LogP contribution in [0, 0.1) is 0 Å². The zero-order chi connectivity index (χ0) is 19.8. The average Bonchev–Trinajstić information content (AvgIpc) is 3.57. The smallest absolute Gasteiger partial charge is 0.251 e. The molecule has 146 valence electrons. The number of carbonyl (C=O) groups is 1. The van der Waals surface area contributed by atoms with E-state index in [4.69, 9.17) is 5.73 Å². The Labute approximate surface area is 174 Å². The van der Waals surface area contributed by atoms with Crippen molar-refractivity contribution in [2.24, 2.45) is 0 Å². The third kappa shape index (κ3) is 3.80. The second-order valence-electron chi connectivity index (χ2n) is 7.53. The lowest BCUT2D eigenvalue weighted by molar-refractivity contribution is 0.0946. The van der Waals surface area contributed by atoms with Gasteiger partial charge < -0.3 is 15.8 Å². The largest absolute Gasteiger partial charge is 0.383 e. The van der Waals surface area contributed by atoms with Gasteiger partial charge in [-0.1, -0.05) is 24.3 Å². The molecule has 1 aliphatic heterocycles. The van der Waals surface area contributed by atoms with Crippen molar-refractivity contribution in [2.75, 3.05) is 17.0 Å². The fourth-order valence-corrected chi connectivity index (χ4v) is 4.36. The number of nitrogens with one attached hydrogen (secondary N) is 2. The molecule has 0 atom stereocenters. The summed E-state index contributed by atoms with van der Waals surface area (Å²) in [5.74, 6) is 0.485. The van der Waals surface area contributed by atoms with Gasteiger partial charge in [-0.25, -0.2) is 4.98 Å². The first-order valence-corrected chi connectivity index (χ1v) is 10.7. The Hall–Kier alpha value is -2.99. The summed E-state index contributed by atoms with van der Waals surface area (Å²) in [6.07, 6.45) is 5.24. The molecule has 2 aromatic carbocycles. The molecule has 2 aliphatic rings. The molecule has 0 saturated heterocycles. The quantitative estimate of drug-likeness (QED) is 0.547. The van der Waals surface area contributed by atoms with Crippen LogP contribution in [0.5, 0.6) is 0 Å². The molecule has 6 heteroatoms. The monoisotopic (exact) mass is 402 g/mol. The molecule has 1 aliphatic carbocycles. The van der Waals surface area contributed by atoms with Gasteiger partial charge in [-0.2, -0.15) is 0 Å². The second kappa shape index (κ2) is 7.44. The summed E-state index contributed by atoms with van der Waals surface area (Å²) in [5, 5.41) is 3.63. The van der Waals surface area contributed by atoms with Gasteiger partial charge in [0.25, 0.3) is 5.91 Å². The minimum atomic E-state index is -0.00831. The Morgan fingerprint density at radius 1 is 1.03 bits per heavy atom. The number of nitrogens with zero attached hydrogens (tertiary/aromatic N) is 1. The van der Waals surface area contributed by atoms with Gasteiger partial charge in [-0.05, 0) is 72.2 Å². The standard InChI is InChI=1S/C23H22N4OS/c24-22-21(15-4-7-20-16(10-15)8-9-25-23(20)28)12-17(13-26-22)14-2-1-3-18(11-14)27-29-19-5-6-19/h1-4,7,10-13,19,27H,5-6,8-9H2,(H2,24,26)(H,25,28). The maximum atomic E-state index is 12.0. The first kappa shape index (κ1) is 18.1. The molecule has 0 unspecified atom stereocenters. The SMILES string of the molecule is Nc1ncc(-c2cccc(NSC3CC3)c2)cc1-c1ccc2c(c1)CCNC2=O. The predicted octanol–water partition coefficient (Wildman–Crippen LogP) is 4.51. The van der Waals surface area contributed by atoms with E-state index in [0.717, 1.165) is 50.7 Å². The normalized spacial score (nSPS) is 15.5. The van der Waals surface area contributed by atoms with Crippen molar-refractivity contribution < 1.29 is 4.79 Å². The lowest BCUT2D eigenvalue weighted by Gasteiger charge is -2.18. The van der Waals surface area contributed by atoms with E-state index in [1.165, 1.54) is 12.8 Å². The van der Waals surface area contributed by atoms with E-state index >= 15 is 0 Å². The first-order chi connectivity index (χ1) is 14.2. The Kier molecular flexibility index (Phi) is 4.64. The van der Waals surface area contributed by atoms with Crippen LogP contribution in [0.2, 0.25) is 0 Å². The molecule has 5 nitrogen and oxygen atoms in total. The molecule has 2 heterocycles. The zero-order valence-corrected chi connectivity index (χ0v) is 16.8. The maximum Gasteiger partial charge on any atom is 0.251 e. The van der Waals surface area contributed by atoms with Crippen LogP contribution < -0.4 is 15.8 Å². The van der Waals surface area contributed by atoms with E-state index in [0.29, 0.717) is 12.4 Å². The third-order valence-electron chi connectivity index (χ3n) is 5.32. The van der Waals surface area contributed by atoms with Crippen molar-refractivity contribution in [1.82, 2.24) is 10.3 Å². The molecule has 4 N–H and O–H groups in total. The Morgan fingerprint density at radius 3 is 2.79 bits per heavy atom. The van der Waals surface area contributed by atoms with Crippen LogP contribution in [0.3, 0.4) is 0 Å². The van der Waals surface area contributed by atoms with E-state index in [1.54, 1.807) is 11.9 Å². The van der Waals surface area contributed by atoms with E-state index in [1.807, 2.05) is 18.3 Å². The van der Waals surface area contributed by atoms with Crippen molar-refractivity contribution >= 4 is 29.4 Å². The topological polar surface area (TPSA) is 80.0 Å². The number of hydrogen-bond acceptors (Lipinski definition) is 5. The highest BCUT2D eigenvalue weighted by Crippen LogP contribution is 2.36. The Balaban J connectivity index is 1.48. The third-order valence-corrected chi connectivity index (χ3v) is 6.48. The number of amides is 1. The number of nitrogens with two attached hydrogens (primary N) is 1. The number of anilines is 2. The molecule has 1 saturated carbocycles. The second-order valence-corrected chi connectivity index (χ2v) is 8.64. The summed E-state index contributed by atoms with van der Waals surface area (Å²) in [6.45, 7) is 0.668. The van der Waals surface area contributed by atoms with E-state index in [-0.39, 0.29) is 5.91 Å². The number of carbonyl (C=O) groups excluding carboxylic acids is 1. The summed E-state index contributed by atoms with van der Waals surface area (Å²) < 4.78 is 3.45. The number of rotatable bonds is 5. The predicted molar refractivity (Wildman–Crippen MR) is 120 cm³/mol. The van der Waals surface area contributed by atoms with Crippen LogP contribution in [0.4, 0.5) is 11.5 Å². The highest BCUT2D eigenvalue weighted by atomic mass is 32.2. The summed E-state index contributed by atoms with van der Waals surface area (Å²) >= 11 is 1.80. The number of nitrogen functional groups attached to an aromatic ring is 1. The number of pyridine rings is 1. The average molecular weight is 403 g/mol. The van der Waals surface area contributed by atoms with Crippen molar-refractivity contribution in [3.8, 4) is 22.3 Å². The first-order valence-electron chi connectivity index (χ1n) is 9.86. The fraction of sp³-hybridized carbons (Fsp3) is 0.217. The van der Waals surface area contributed by atoms with Crippen LogP contribution in [0.15, 0.2) is 54.7 Å². The number of aromatic nitrogens is 1. The number of fused-ring (bicyclic) bond motifs is 1. The van der Waals surface area contributed by atoms with Crippen LogP contribution in [-0.2, 0) is 6.42 Å². The molecule has 0 radical (unpaired) electrons. The highest BCUT2D eigenvalue weighted by molar-refractivity contribution is 8.01. The van der Waals surface area contributed by atoms with Gasteiger partial charge in [0, 0.05) is 40.4 Å².